The lowest BCUT2D eigenvalue weighted by molar-refractivity contribution is -0.126. The monoisotopic (exact) mass is 329 g/mol. The topological polar surface area (TPSA) is 70.2 Å². The number of carbonyl (C=O) groups excluding carboxylic acids is 2. The van der Waals surface area contributed by atoms with Crippen molar-refractivity contribution in [2.24, 2.45) is 5.92 Å². The molecule has 0 spiro atoms. The quantitative estimate of drug-likeness (QED) is 0.747. The zero-order valence-corrected chi connectivity index (χ0v) is 14.2. The van der Waals surface area contributed by atoms with E-state index in [1.807, 2.05) is 6.07 Å². The molecule has 1 fully saturated rings. The summed E-state index contributed by atoms with van der Waals surface area (Å²) in [5, 5.41) is 8.93. The Morgan fingerprint density at radius 2 is 1.79 bits per heavy atom. The normalized spacial score (nSPS) is 17.3. The minimum atomic E-state index is -0.134. The van der Waals surface area contributed by atoms with Gasteiger partial charge in [-0.05, 0) is 35.4 Å². The third-order valence-electron chi connectivity index (χ3n) is 5.04. The lowest BCUT2D eigenvalue weighted by atomic mass is 9.87. The van der Waals surface area contributed by atoms with Crippen molar-refractivity contribution in [3.05, 3.63) is 34.9 Å². The number of benzene rings is 1. The van der Waals surface area contributed by atoms with Crippen molar-refractivity contribution in [3.63, 3.8) is 0 Å². The second-order valence-electron chi connectivity index (χ2n) is 6.97. The van der Waals surface area contributed by atoms with Crippen molar-refractivity contribution in [1.82, 2.24) is 16.0 Å². The number of hydrogen-bond donors (Lipinski definition) is 3. The summed E-state index contributed by atoms with van der Waals surface area (Å²) in [7, 11) is 0. The Morgan fingerprint density at radius 3 is 2.62 bits per heavy atom. The number of carbonyl (C=O) groups is 2. The maximum Gasteiger partial charge on any atom is 0.239 e. The first-order chi connectivity index (χ1) is 11.7. The first-order valence-corrected chi connectivity index (χ1v) is 9.05. The molecule has 1 saturated carbocycles. The van der Waals surface area contributed by atoms with E-state index in [2.05, 4.69) is 28.1 Å². The second-order valence-corrected chi connectivity index (χ2v) is 6.97. The third-order valence-corrected chi connectivity index (χ3v) is 5.04. The van der Waals surface area contributed by atoms with E-state index in [4.69, 9.17) is 0 Å². The average molecular weight is 329 g/mol. The van der Waals surface area contributed by atoms with Gasteiger partial charge in [-0.3, -0.25) is 9.59 Å². The van der Waals surface area contributed by atoms with Gasteiger partial charge >= 0.3 is 0 Å². The molecule has 0 atom stereocenters. The van der Waals surface area contributed by atoms with Crippen LogP contribution in [0.3, 0.4) is 0 Å². The van der Waals surface area contributed by atoms with Crippen molar-refractivity contribution in [2.45, 2.75) is 58.2 Å². The molecule has 130 valence electrons. The summed E-state index contributed by atoms with van der Waals surface area (Å²) >= 11 is 0. The Balaban J connectivity index is 1.35. The molecule has 1 heterocycles. The largest absolute Gasteiger partial charge is 0.350 e. The summed E-state index contributed by atoms with van der Waals surface area (Å²) in [5.41, 5.74) is 3.74. The fraction of sp³-hybridized carbons (Fsp3) is 0.579. The van der Waals surface area contributed by atoms with Gasteiger partial charge in [0.05, 0.1) is 6.54 Å². The summed E-state index contributed by atoms with van der Waals surface area (Å²) in [5.74, 6) is 0.369. The van der Waals surface area contributed by atoms with Crippen LogP contribution in [0.4, 0.5) is 0 Å². The summed E-state index contributed by atoms with van der Waals surface area (Å²) in [6, 6.07) is 6.30. The Morgan fingerprint density at radius 1 is 1.00 bits per heavy atom. The van der Waals surface area contributed by atoms with E-state index in [9.17, 15) is 9.59 Å². The van der Waals surface area contributed by atoms with E-state index >= 15 is 0 Å². The highest BCUT2D eigenvalue weighted by atomic mass is 16.2. The van der Waals surface area contributed by atoms with Gasteiger partial charge in [-0.15, -0.1) is 0 Å². The van der Waals surface area contributed by atoms with Gasteiger partial charge in [-0.25, -0.2) is 0 Å². The number of hydrogen-bond acceptors (Lipinski definition) is 3. The molecule has 0 saturated heterocycles. The number of amides is 2. The lowest BCUT2D eigenvalue weighted by Crippen LogP contribution is -2.37. The molecular weight excluding hydrogens is 302 g/mol. The van der Waals surface area contributed by atoms with Crippen LogP contribution in [-0.4, -0.2) is 18.4 Å². The van der Waals surface area contributed by atoms with Crippen LogP contribution in [0.15, 0.2) is 18.2 Å². The SMILES string of the molecule is O=C(CNC(=O)CC1CCCCC1)NCc1ccc2c(c1)CNC2. The average Bonchev–Trinajstić information content (AvgIpc) is 3.07. The van der Waals surface area contributed by atoms with Gasteiger partial charge in [-0.1, -0.05) is 37.5 Å². The fourth-order valence-electron chi connectivity index (χ4n) is 3.63. The highest BCUT2D eigenvalue weighted by Crippen LogP contribution is 2.26. The van der Waals surface area contributed by atoms with Gasteiger partial charge in [-0.2, -0.15) is 0 Å². The van der Waals surface area contributed by atoms with Crippen molar-refractivity contribution < 1.29 is 9.59 Å². The first kappa shape index (κ1) is 17.0. The van der Waals surface area contributed by atoms with Crippen LogP contribution >= 0.6 is 0 Å². The van der Waals surface area contributed by atoms with E-state index in [0.717, 1.165) is 31.5 Å². The molecule has 1 aliphatic carbocycles. The van der Waals surface area contributed by atoms with E-state index in [1.165, 1.54) is 30.4 Å². The molecule has 2 amide bonds. The summed E-state index contributed by atoms with van der Waals surface area (Å²) < 4.78 is 0. The van der Waals surface area contributed by atoms with Gasteiger partial charge in [0.2, 0.25) is 11.8 Å². The minimum absolute atomic E-state index is 0.000607. The van der Waals surface area contributed by atoms with Crippen LogP contribution < -0.4 is 16.0 Å². The van der Waals surface area contributed by atoms with Crippen LogP contribution in [0, 0.1) is 5.92 Å². The summed E-state index contributed by atoms with van der Waals surface area (Å²) in [6.45, 7) is 2.39. The molecule has 0 aromatic heterocycles. The molecule has 0 unspecified atom stereocenters. The molecule has 3 rings (SSSR count). The molecule has 1 aliphatic heterocycles. The molecule has 3 N–H and O–H groups in total. The van der Waals surface area contributed by atoms with Crippen molar-refractivity contribution in [1.29, 1.82) is 0 Å². The fourth-order valence-corrected chi connectivity index (χ4v) is 3.63. The van der Waals surface area contributed by atoms with Crippen LogP contribution in [0.5, 0.6) is 0 Å². The maximum atomic E-state index is 11.9. The Bertz CT molecular complexity index is 594. The van der Waals surface area contributed by atoms with Crippen LogP contribution in [0.2, 0.25) is 0 Å². The van der Waals surface area contributed by atoms with Gasteiger partial charge in [0, 0.05) is 26.1 Å². The van der Waals surface area contributed by atoms with E-state index < -0.39 is 0 Å². The van der Waals surface area contributed by atoms with Gasteiger partial charge in [0.1, 0.15) is 0 Å². The predicted octanol–water partition coefficient (Wildman–Crippen LogP) is 1.99. The molecule has 2 aliphatic rings. The van der Waals surface area contributed by atoms with E-state index in [0.29, 0.717) is 18.9 Å². The molecule has 24 heavy (non-hydrogen) atoms. The highest BCUT2D eigenvalue weighted by Gasteiger charge is 2.17. The van der Waals surface area contributed by atoms with Gasteiger partial charge in [0.15, 0.2) is 0 Å². The van der Waals surface area contributed by atoms with E-state index in [1.54, 1.807) is 0 Å². The minimum Gasteiger partial charge on any atom is -0.350 e. The molecule has 1 aromatic rings. The maximum absolute atomic E-state index is 11.9. The molecule has 1 aromatic carbocycles. The number of rotatable bonds is 6. The van der Waals surface area contributed by atoms with Gasteiger partial charge in [0.25, 0.3) is 0 Å². The lowest BCUT2D eigenvalue weighted by Gasteiger charge is -2.20. The Hall–Kier alpha value is -1.88. The van der Waals surface area contributed by atoms with Gasteiger partial charge < -0.3 is 16.0 Å². The van der Waals surface area contributed by atoms with Crippen LogP contribution in [0.1, 0.15) is 55.2 Å². The zero-order chi connectivity index (χ0) is 16.8. The predicted molar refractivity (Wildman–Crippen MR) is 93.0 cm³/mol. The van der Waals surface area contributed by atoms with Crippen molar-refractivity contribution in [2.75, 3.05) is 6.54 Å². The van der Waals surface area contributed by atoms with Crippen molar-refractivity contribution >= 4 is 11.8 Å². The molecule has 0 radical (unpaired) electrons. The molecule has 5 nitrogen and oxygen atoms in total. The van der Waals surface area contributed by atoms with E-state index in [-0.39, 0.29) is 18.4 Å². The van der Waals surface area contributed by atoms with Crippen LogP contribution in [-0.2, 0) is 29.2 Å². The second kappa shape index (κ2) is 8.29. The zero-order valence-electron chi connectivity index (χ0n) is 14.2. The molecular formula is C19H27N3O2. The third kappa shape index (κ3) is 4.81. The standard InChI is InChI=1S/C19H27N3O2/c23-18(9-14-4-2-1-3-5-14)22-13-19(24)21-10-15-6-7-16-11-20-12-17(16)8-15/h6-8,14,20H,1-5,9-13H2,(H,21,24)(H,22,23). The van der Waals surface area contributed by atoms with Crippen LogP contribution in [0.25, 0.3) is 0 Å². The van der Waals surface area contributed by atoms with Crippen molar-refractivity contribution in [3.8, 4) is 0 Å². The number of fused-ring (bicyclic) bond motifs is 1. The molecule has 5 heteroatoms. The summed E-state index contributed by atoms with van der Waals surface area (Å²) in [6.07, 6.45) is 6.60. The number of nitrogens with one attached hydrogen (secondary N) is 3. The highest BCUT2D eigenvalue weighted by molar-refractivity contribution is 5.84. The Labute approximate surface area is 143 Å². The molecule has 0 bridgehead atoms. The Kier molecular flexibility index (Phi) is 5.86. The smallest absolute Gasteiger partial charge is 0.239 e. The summed E-state index contributed by atoms with van der Waals surface area (Å²) in [4.78, 5) is 23.8. The first-order valence-electron chi connectivity index (χ1n) is 9.05.